The van der Waals surface area contributed by atoms with Crippen LogP contribution in [0.4, 0.5) is 0 Å². The molecule has 2 aliphatic carbocycles. The summed E-state index contributed by atoms with van der Waals surface area (Å²) in [6.45, 7) is 14.5. The average molecular weight is 420 g/mol. The fraction of sp³-hybridized carbons (Fsp3) is 0.852. The summed E-state index contributed by atoms with van der Waals surface area (Å²) in [4.78, 5) is 2.59. The summed E-state index contributed by atoms with van der Waals surface area (Å²) in [5.41, 5.74) is 1.000. The van der Waals surface area contributed by atoms with Crippen molar-refractivity contribution < 1.29 is 10.2 Å². The Morgan fingerprint density at radius 2 is 1.87 bits per heavy atom. The third kappa shape index (κ3) is 7.50. The summed E-state index contributed by atoms with van der Waals surface area (Å²) in [5, 5.41) is 21.1. The van der Waals surface area contributed by atoms with Crippen LogP contribution in [0.5, 0.6) is 0 Å². The van der Waals surface area contributed by atoms with Gasteiger partial charge in [0, 0.05) is 18.0 Å². The maximum atomic E-state index is 10.6. The number of fused-ring (bicyclic) bond motifs is 1. The van der Waals surface area contributed by atoms with Gasteiger partial charge in [-0.1, -0.05) is 43.6 Å². The number of unbranched alkanes of at least 4 members (excludes halogenated alkanes) is 2. The van der Waals surface area contributed by atoms with Crippen molar-refractivity contribution in [1.82, 2.24) is 4.90 Å². The standard InChI is InChI=1S/C27H49NO2/c1-7-8-14-27(6,30)15-11-13-24-25-18-22(17-23(25)19-26(24)29)12-9-10-16-28(20(2)3)21(4)5/h11,13,17,20-21,23-26,29-30H,7-10,12,14-16,18-19H2,1-6H3/t23-,24+,25-,26+,27-/m0/s1. The molecule has 1 fully saturated rings. The molecule has 0 amide bonds. The lowest BCUT2D eigenvalue weighted by Crippen LogP contribution is -2.37. The van der Waals surface area contributed by atoms with Gasteiger partial charge in [-0.2, -0.15) is 0 Å². The molecule has 3 nitrogen and oxygen atoms in total. The topological polar surface area (TPSA) is 43.7 Å². The molecule has 0 aromatic carbocycles. The van der Waals surface area contributed by atoms with Gasteiger partial charge in [0.25, 0.3) is 0 Å². The third-order valence-electron chi connectivity index (χ3n) is 7.43. The molecule has 0 heterocycles. The van der Waals surface area contributed by atoms with Crippen LogP contribution in [0.3, 0.4) is 0 Å². The van der Waals surface area contributed by atoms with Crippen molar-refractivity contribution in [1.29, 1.82) is 0 Å². The number of hydrogen-bond acceptors (Lipinski definition) is 3. The lowest BCUT2D eigenvalue weighted by molar-refractivity contribution is 0.0513. The van der Waals surface area contributed by atoms with Crippen LogP contribution in [-0.2, 0) is 0 Å². The van der Waals surface area contributed by atoms with Crippen LogP contribution < -0.4 is 0 Å². The van der Waals surface area contributed by atoms with E-state index in [1.54, 1.807) is 5.57 Å². The molecule has 0 aliphatic heterocycles. The van der Waals surface area contributed by atoms with Crippen LogP contribution in [0.25, 0.3) is 0 Å². The Morgan fingerprint density at radius 3 is 2.50 bits per heavy atom. The van der Waals surface area contributed by atoms with E-state index in [4.69, 9.17) is 0 Å². The number of aliphatic hydroxyl groups is 2. The van der Waals surface area contributed by atoms with E-state index in [1.165, 1.54) is 25.8 Å². The number of aliphatic hydroxyl groups excluding tert-OH is 1. The smallest absolute Gasteiger partial charge is 0.0654 e. The van der Waals surface area contributed by atoms with Crippen LogP contribution in [0.2, 0.25) is 0 Å². The minimum atomic E-state index is -0.617. The SMILES string of the molecule is CCCC[C@](C)(O)CC=C[C@@H]1[C@H]2CC(CCCCN(C(C)C)C(C)C)=C[C@H]2C[C@H]1O. The van der Waals surface area contributed by atoms with Crippen molar-refractivity contribution in [2.45, 2.75) is 123 Å². The van der Waals surface area contributed by atoms with Gasteiger partial charge < -0.3 is 10.2 Å². The number of nitrogens with zero attached hydrogens (tertiary/aromatic N) is 1. The molecule has 0 radical (unpaired) electrons. The van der Waals surface area contributed by atoms with Gasteiger partial charge in [-0.05, 0) is 97.9 Å². The molecule has 1 saturated carbocycles. The minimum absolute atomic E-state index is 0.222. The zero-order valence-corrected chi connectivity index (χ0v) is 20.6. The highest BCUT2D eigenvalue weighted by Gasteiger charge is 2.43. The molecule has 0 saturated heterocycles. The van der Waals surface area contributed by atoms with Gasteiger partial charge in [0.2, 0.25) is 0 Å². The number of allylic oxidation sites excluding steroid dienone is 2. The summed E-state index contributed by atoms with van der Waals surface area (Å²) in [6.07, 6.45) is 16.2. The van der Waals surface area contributed by atoms with E-state index in [0.717, 1.165) is 32.1 Å². The largest absolute Gasteiger partial charge is 0.392 e. The first-order valence-corrected chi connectivity index (χ1v) is 12.7. The Balaban J connectivity index is 1.78. The third-order valence-corrected chi connectivity index (χ3v) is 7.43. The minimum Gasteiger partial charge on any atom is -0.392 e. The van der Waals surface area contributed by atoms with Crippen molar-refractivity contribution in [2.24, 2.45) is 17.8 Å². The maximum absolute atomic E-state index is 10.6. The Kier molecular flexibility index (Phi) is 10.1. The summed E-state index contributed by atoms with van der Waals surface area (Å²) < 4.78 is 0. The van der Waals surface area contributed by atoms with E-state index >= 15 is 0 Å². The Morgan fingerprint density at radius 1 is 1.17 bits per heavy atom. The summed E-state index contributed by atoms with van der Waals surface area (Å²) >= 11 is 0. The molecule has 2 rings (SSSR count). The van der Waals surface area contributed by atoms with Crippen molar-refractivity contribution in [2.75, 3.05) is 6.54 Å². The highest BCUT2D eigenvalue weighted by molar-refractivity contribution is 5.20. The molecule has 2 aliphatic rings. The molecular weight excluding hydrogens is 370 g/mol. The number of rotatable bonds is 13. The number of hydrogen-bond donors (Lipinski definition) is 2. The monoisotopic (exact) mass is 419 g/mol. The molecule has 0 spiro atoms. The van der Waals surface area contributed by atoms with Crippen LogP contribution in [0.15, 0.2) is 23.8 Å². The summed E-state index contributed by atoms with van der Waals surface area (Å²) in [6, 6.07) is 1.23. The van der Waals surface area contributed by atoms with Gasteiger partial charge in [-0.25, -0.2) is 0 Å². The Labute approximate surface area is 186 Å². The van der Waals surface area contributed by atoms with Crippen LogP contribution in [-0.4, -0.2) is 45.4 Å². The second kappa shape index (κ2) is 11.8. The highest BCUT2D eigenvalue weighted by Crippen LogP contribution is 2.48. The summed E-state index contributed by atoms with van der Waals surface area (Å²) in [7, 11) is 0. The predicted molar refractivity (Wildman–Crippen MR) is 129 cm³/mol. The predicted octanol–water partition coefficient (Wildman–Crippen LogP) is 6.11. The molecule has 174 valence electrons. The van der Waals surface area contributed by atoms with Gasteiger partial charge >= 0.3 is 0 Å². The average Bonchev–Trinajstić information content (AvgIpc) is 3.16. The van der Waals surface area contributed by atoms with E-state index in [9.17, 15) is 10.2 Å². The normalized spacial score (nSPS) is 28.7. The van der Waals surface area contributed by atoms with E-state index in [0.29, 0.717) is 30.3 Å². The first kappa shape index (κ1) is 25.6. The molecule has 0 aromatic rings. The maximum Gasteiger partial charge on any atom is 0.0654 e. The second-order valence-corrected chi connectivity index (χ2v) is 10.9. The Bertz CT molecular complexity index is 555. The zero-order valence-electron chi connectivity index (χ0n) is 20.6. The second-order valence-electron chi connectivity index (χ2n) is 10.9. The van der Waals surface area contributed by atoms with E-state index in [1.807, 2.05) is 6.92 Å². The Hall–Kier alpha value is -0.640. The lowest BCUT2D eigenvalue weighted by atomic mass is 9.87. The molecule has 0 aromatic heterocycles. The molecule has 30 heavy (non-hydrogen) atoms. The van der Waals surface area contributed by atoms with Crippen LogP contribution in [0, 0.1) is 17.8 Å². The van der Waals surface area contributed by atoms with Gasteiger partial charge in [-0.3, -0.25) is 4.90 Å². The molecule has 0 bridgehead atoms. The first-order valence-electron chi connectivity index (χ1n) is 12.7. The van der Waals surface area contributed by atoms with Gasteiger partial charge in [0.1, 0.15) is 0 Å². The van der Waals surface area contributed by atoms with Crippen molar-refractivity contribution >= 4 is 0 Å². The van der Waals surface area contributed by atoms with Gasteiger partial charge in [-0.15, -0.1) is 0 Å². The summed E-state index contributed by atoms with van der Waals surface area (Å²) in [5.74, 6) is 1.37. The fourth-order valence-electron chi connectivity index (χ4n) is 5.69. The van der Waals surface area contributed by atoms with Crippen molar-refractivity contribution in [3.8, 4) is 0 Å². The molecule has 0 unspecified atom stereocenters. The fourth-order valence-corrected chi connectivity index (χ4v) is 5.69. The van der Waals surface area contributed by atoms with Crippen LogP contribution >= 0.6 is 0 Å². The van der Waals surface area contributed by atoms with E-state index in [2.05, 4.69) is 57.7 Å². The van der Waals surface area contributed by atoms with Crippen molar-refractivity contribution in [3.05, 3.63) is 23.8 Å². The molecule has 3 heteroatoms. The van der Waals surface area contributed by atoms with E-state index in [-0.39, 0.29) is 12.0 Å². The van der Waals surface area contributed by atoms with E-state index < -0.39 is 5.60 Å². The first-order chi connectivity index (χ1) is 14.1. The molecular formula is C27H49NO2. The molecule has 2 N–H and O–H groups in total. The van der Waals surface area contributed by atoms with Gasteiger partial charge in [0.05, 0.1) is 11.7 Å². The quantitative estimate of drug-likeness (QED) is 0.280. The van der Waals surface area contributed by atoms with Crippen LogP contribution in [0.1, 0.15) is 99.3 Å². The zero-order chi connectivity index (χ0) is 22.3. The van der Waals surface area contributed by atoms with Gasteiger partial charge in [0.15, 0.2) is 0 Å². The lowest BCUT2D eigenvalue weighted by Gasteiger charge is -2.30. The van der Waals surface area contributed by atoms with Crippen molar-refractivity contribution in [3.63, 3.8) is 0 Å². The highest BCUT2D eigenvalue weighted by atomic mass is 16.3. The molecule has 5 atom stereocenters.